The van der Waals surface area contributed by atoms with Gasteiger partial charge in [0, 0.05) is 59.5 Å². The maximum Gasteiger partial charge on any atom is 0.330 e. The van der Waals surface area contributed by atoms with Crippen molar-refractivity contribution in [2.24, 2.45) is 0 Å². The summed E-state index contributed by atoms with van der Waals surface area (Å²) in [6, 6.07) is 20.2. The summed E-state index contributed by atoms with van der Waals surface area (Å²) in [6.07, 6.45) is 8.90. The Morgan fingerprint density at radius 3 is 1.77 bits per heavy atom. The molecule has 4 aromatic carbocycles. The van der Waals surface area contributed by atoms with Crippen molar-refractivity contribution >= 4 is 105 Å². The van der Waals surface area contributed by atoms with Crippen LogP contribution in [-0.4, -0.2) is 82.4 Å². The van der Waals surface area contributed by atoms with Crippen molar-refractivity contribution in [3.8, 4) is 23.0 Å². The molecule has 0 spiro atoms. The number of para-hydroxylation sites is 4. The topological polar surface area (TPSA) is 255 Å². The Labute approximate surface area is 433 Å². The fourth-order valence-electron chi connectivity index (χ4n) is 7.52. The predicted molar refractivity (Wildman–Crippen MR) is 282 cm³/mol. The lowest BCUT2D eigenvalue weighted by molar-refractivity contribution is -0.112. The fourth-order valence-corrected chi connectivity index (χ4v) is 8.23. The van der Waals surface area contributed by atoms with E-state index < -0.39 is 6.03 Å². The van der Waals surface area contributed by atoms with E-state index in [1.165, 1.54) is 36.2 Å². The number of methoxy groups -OCH3 is 4. The van der Waals surface area contributed by atoms with E-state index in [0.29, 0.717) is 68.6 Å². The molecule has 3 aromatic heterocycles. The Kier molecular flexibility index (Phi) is 15.7. The third kappa shape index (κ3) is 11.2. The van der Waals surface area contributed by atoms with Gasteiger partial charge >= 0.3 is 12.1 Å². The number of aromatic nitrogens is 6. The first-order valence-corrected chi connectivity index (χ1v) is 22.9. The van der Waals surface area contributed by atoms with Crippen LogP contribution in [-0.2, 0) is 29.2 Å². The number of hydrogen-bond donors (Lipinski definition) is 6. The lowest BCUT2D eigenvalue weighted by Crippen LogP contribution is -2.47. The van der Waals surface area contributed by atoms with Gasteiger partial charge in [0.15, 0.2) is 0 Å². The van der Waals surface area contributed by atoms with Gasteiger partial charge in [-0.1, -0.05) is 60.6 Å². The van der Waals surface area contributed by atoms with Crippen LogP contribution in [0.5, 0.6) is 23.0 Å². The molecule has 0 aliphatic carbocycles. The largest absolute Gasteiger partial charge is 0.497 e. The number of urea groups is 2. The molecule has 22 nitrogen and oxygen atoms in total. The number of aromatic amines is 1. The van der Waals surface area contributed by atoms with Gasteiger partial charge in [0.05, 0.1) is 88.4 Å². The van der Waals surface area contributed by atoms with Gasteiger partial charge < -0.3 is 40.2 Å². The average molecular weight is 1040 g/mol. The standard InChI is InChI=1S/C27H24Cl2N8O4.C23H22N6O4/c1-4-21(38)33-17-7-5-6-8-18(17)34-26-30-12-16-14-36(24-22(28)19(40-2)9-20(41-3)23(24)29)27(39)37(25(16)35-26)13-15-10-31-32-11-15;1-4-20(30)25-18-7-5-6-8-19(18)26-22-24-12-14-13-29(23(31)28-21(14)27-22)15-9-16(32-2)11-17(10-15)33-3/h4-12H,1,13-14H2,2-3H3,(H,31,32)(H,33,38)(H,30,34,35);4-12H,1,13H2,2-3H3,(H,25,30)(H2,24,26,27,28,31). The number of anilines is 10. The number of hydrogen-bond acceptors (Lipinski definition) is 15. The highest BCUT2D eigenvalue weighted by atomic mass is 35.5. The molecular formula is C50H46Cl2N14O8. The van der Waals surface area contributed by atoms with Gasteiger partial charge in [0.1, 0.15) is 44.7 Å². The van der Waals surface area contributed by atoms with Crippen molar-refractivity contribution in [3.63, 3.8) is 0 Å². The van der Waals surface area contributed by atoms with Crippen molar-refractivity contribution in [2.75, 3.05) is 69.7 Å². The van der Waals surface area contributed by atoms with E-state index in [9.17, 15) is 19.2 Å². The average Bonchev–Trinajstić information content (AvgIpc) is 3.94. The second-order valence-electron chi connectivity index (χ2n) is 15.7. The molecular weight excluding hydrogens is 996 g/mol. The van der Waals surface area contributed by atoms with Gasteiger partial charge in [-0.2, -0.15) is 15.1 Å². The second kappa shape index (κ2) is 22.8. The smallest absolute Gasteiger partial charge is 0.330 e. The summed E-state index contributed by atoms with van der Waals surface area (Å²) >= 11 is 13.3. The van der Waals surface area contributed by atoms with Crippen molar-refractivity contribution in [2.45, 2.75) is 19.6 Å². The summed E-state index contributed by atoms with van der Waals surface area (Å²) in [4.78, 5) is 72.9. The van der Waals surface area contributed by atoms with E-state index in [0.717, 1.165) is 11.1 Å². The molecule has 378 valence electrons. The third-order valence-electron chi connectivity index (χ3n) is 11.1. The molecule has 2 aliphatic heterocycles. The lowest BCUT2D eigenvalue weighted by Gasteiger charge is -2.37. The summed E-state index contributed by atoms with van der Waals surface area (Å²) in [5.74, 6) is 2.28. The highest BCUT2D eigenvalue weighted by Gasteiger charge is 2.37. The van der Waals surface area contributed by atoms with Crippen molar-refractivity contribution < 1.29 is 38.1 Å². The minimum Gasteiger partial charge on any atom is -0.497 e. The van der Waals surface area contributed by atoms with Gasteiger partial charge in [-0.05, 0) is 36.4 Å². The van der Waals surface area contributed by atoms with E-state index in [4.69, 9.17) is 42.1 Å². The number of rotatable bonds is 16. The zero-order chi connectivity index (χ0) is 52.5. The van der Waals surface area contributed by atoms with Crippen LogP contribution in [0.25, 0.3) is 0 Å². The second-order valence-corrected chi connectivity index (χ2v) is 16.5. The molecule has 6 N–H and O–H groups in total. The van der Waals surface area contributed by atoms with Gasteiger partial charge in [-0.15, -0.1) is 0 Å². The Morgan fingerprint density at radius 1 is 0.703 bits per heavy atom. The van der Waals surface area contributed by atoms with E-state index in [1.54, 1.807) is 111 Å². The molecule has 0 radical (unpaired) electrons. The van der Waals surface area contributed by atoms with Crippen molar-refractivity contribution in [1.29, 1.82) is 0 Å². The Bertz CT molecular complexity index is 3240. The summed E-state index contributed by atoms with van der Waals surface area (Å²) < 4.78 is 21.4. The third-order valence-corrected chi connectivity index (χ3v) is 11.9. The van der Waals surface area contributed by atoms with Crippen LogP contribution < -0.4 is 60.2 Å². The molecule has 5 heterocycles. The van der Waals surface area contributed by atoms with Crippen LogP contribution in [0.15, 0.2) is 123 Å². The van der Waals surface area contributed by atoms with Crippen LogP contribution in [0.2, 0.25) is 10.0 Å². The zero-order valence-electron chi connectivity index (χ0n) is 40.0. The van der Waals surface area contributed by atoms with Crippen LogP contribution >= 0.6 is 23.2 Å². The SMILES string of the molecule is C=CC(=O)Nc1ccccc1Nc1ncc2c(n1)N(Cc1cn[nH]c1)C(=O)N(c1c(Cl)c(OC)cc(OC)c1Cl)C2.C=CC(=O)Nc1ccccc1Nc1ncc2c(n1)NC(=O)N(c1cc(OC)cc(OC)c1)C2. The van der Waals surface area contributed by atoms with Gasteiger partial charge in [-0.3, -0.25) is 34.7 Å². The minimum absolute atomic E-state index is 0.0675. The van der Waals surface area contributed by atoms with E-state index in [2.05, 4.69) is 69.9 Å². The zero-order valence-corrected chi connectivity index (χ0v) is 41.5. The number of benzene rings is 4. The molecule has 0 saturated heterocycles. The highest BCUT2D eigenvalue weighted by molar-refractivity contribution is 6.42. The molecule has 74 heavy (non-hydrogen) atoms. The number of ether oxygens (including phenoxy) is 4. The molecule has 0 atom stereocenters. The van der Waals surface area contributed by atoms with Crippen LogP contribution in [0.4, 0.5) is 67.2 Å². The van der Waals surface area contributed by atoms with Gasteiger partial charge in [-0.25, -0.2) is 19.6 Å². The summed E-state index contributed by atoms with van der Waals surface area (Å²) in [5.41, 5.74) is 5.14. The fraction of sp³-hybridized carbons (Fsp3) is 0.140. The number of carbonyl (C=O) groups excluding carboxylic acids is 4. The Balaban J connectivity index is 0.000000202. The van der Waals surface area contributed by atoms with Crippen molar-refractivity contribution in [3.05, 3.63) is 150 Å². The van der Waals surface area contributed by atoms with Gasteiger partial charge in [0.2, 0.25) is 23.7 Å². The molecule has 7 aromatic rings. The molecule has 2 aliphatic rings. The maximum atomic E-state index is 14.1. The van der Waals surface area contributed by atoms with E-state index in [1.807, 2.05) is 6.07 Å². The quantitative estimate of drug-likeness (QED) is 0.0493. The normalized spacial score (nSPS) is 12.4. The first-order valence-electron chi connectivity index (χ1n) is 22.1. The molecule has 0 saturated carbocycles. The van der Waals surface area contributed by atoms with E-state index in [-0.39, 0.29) is 65.1 Å². The number of nitrogens with one attached hydrogen (secondary N) is 6. The number of carbonyl (C=O) groups is 4. The first kappa shape index (κ1) is 51.0. The number of halogens is 2. The van der Waals surface area contributed by atoms with Crippen molar-refractivity contribution in [1.82, 2.24) is 30.1 Å². The Morgan fingerprint density at radius 2 is 1.24 bits per heavy atom. The molecule has 0 fully saturated rings. The van der Waals surface area contributed by atoms with Gasteiger partial charge in [0.25, 0.3) is 0 Å². The molecule has 9 rings (SSSR count). The molecule has 6 amide bonds. The first-order chi connectivity index (χ1) is 35.8. The van der Waals surface area contributed by atoms with Crippen LogP contribution in [0, 0.1) is 0 Å². The molecule has 0 unspecified atom stereocenters. The number of nitrogens with zero attached hydrogens (tertiary/aromatic N) is 8. The summed E-state index contributed by atoms with van der Waals surface area (Å²) in [5, 5.41) is 21.5. The summed E-state index contributed by atoms with van der Waals surface area (Å²) in [6.45, 7) is 7.42. The number of amides is 6. The maximum absolute atomic E-state index is 14.1. The minimum atomic E-state index is -0.443. The predicted octanol–water partition coefficient (Wildman–Crippen LogP) is 9.45. The van der Waals surface area contributed by atoms with E-state index >= 15 is 0 Å². The highest BCUT2D eigenvalue weighted by Crippen LogP contribution is 2.48. The monoisotopic (exact) mass is 1040 g/mol. The number of fused-ring (bicyclic) bond motifs is 2. The number of H-pyrrole nitrogens is 1. The van der Waals surface area contributed by atoms with Crippen LogP contribution in [0.3, 0.4) is 0 Å². The lowest BCUT2D eigenvalue weighted by atomic mass is 10.1. The molecule has 0 bridgehead atoms. The molecule has 24 heteroatoms. The Hall–Kier alpha value is -9.41. The van der Waals surface area contributed by atoms with Crippen LogP contribution in [0.1, 0.15) is 16.7 Å². The summed E-state index contributed by atoms with van der Waals surface area (Å²) in [7, 11) is 6.02.